The molecule has 0 atom stereocenters. The lowest BCUT2D eigenvalue weighted by atomic mass is 10.2. The monoisotopic (exact) mass is 420 g/mol. The molecule has 9 heteroatoms. The molecule has 0 bridgehead atoms. The molecule has 0 spiro atoms. The van der Waals surface area contributed by atoms with Crippen LogP contribution in [0.3, 0.4) is 0 Å². The van der Waals surface area contributed by atoms with Gasteiger partial charge in [0, 0.05) is 24.9 Å². The van der Waals surface area contributed by atoms with Crippen LogP contribution in [0.2, 0.25) is 0 Å². The number of benzene rings is 1. The van der Waals surface area contributed by atoms with Gasteiger partial charge in [-0.15, -0.1) is 10.2 Å². The van der Waals surface area contributed by atoms with Crippen LogP contribution in [-0.2, 0) is 11.3 Å². The van der Waals surface area contributed by atoms with E-state index in [-0.39, 0.29) is 5.91 Å². The number of likely N-dealkylation sites (tertiary alicyclic amines) is 1. The Bertz CT molecular complexity index is 1050. The second-order valence-electron chi connectivity index (χ2n) is 6.67. The van der Waals surface area contributed by atoms with Crippen LogP contribution in [0.1, 0.15) is 24.2 Å². The maximum absolute atomic E-state index is 12.0. The van der Waals surface area contributed by atoms with Crippen molar-refractivity contribution in [1.82, 2.24) is 24.6 Å². The molecule has 152 valence electrons. The van der Waals surface area contributed by atoms with Crippen LogP contribution in [0, 0.1) is 11.3 Å². The lowest BCUT2D eigenvalue weighted by Crippen LogP contribution is -2.25. The standard InChI is InChI=1S/C21H20N6O2S/c22-14-16-6-8-17(9-7-16)29-12-13-30-21-25-24-19(15-26-11-3-5-20(26)28)27(21)18-4-1-2-10-23-18/h1-2,4,6-10H,3,5,11-13,15H2. The summed E-state index contributed by atoms with van der Waals surface area (Å²) in [6.45, 7) is 1.64. The Kier molecular flexibility index (Phi) is 6.25. The molecular weight excluding hydrogens is 400 g/mol. The molecule has 3 aromatic rings. The van der Waals surface area contributed by atoms with E-state index in [1.54, 1.807) is 30.5 Å². The average molecular weight is 420 g/mol. The highest BCUT2D eigenvalue weighted by Crippen LogP contribution is 2.23. The molecule has 1 aliphatic heterocycles. The molecule has 1 fully saturated rings. The summed E-state index contributed by atoms with van der Waals surface area (Å²) in [5, 5.41) is 18.2. The minimum atomic E-state index is 0.149. The molecule has 3 heterocycles. The van der Waals surface area contributed by atoms with Crippen molar-refractivity contribution in [3.8, 4) is 17.6 Å². The van der Waals surface area contributed by atoms with E-state index in [0.717, 1.165) is 18.8 Å². The van der Waals surface area contributed by atoms with Crippen LogP contribution in [0.15, 0.2) is 53.8 Å². The summed E-state index contributed by atoms with van der Waals surface area (Å²) >= 11 is 1.52. The second kappa shape index (κ2) is 9.41. The molecule has 1 saturated heterocycles. The fourth-order valence-electron chi connectivity index (χ4n) is 3.17. The summed E-state index contributed by atoms with van der Waals surface area (Å²) in [5.41, 5.74) is 0.601. The Balaban J connectivity index is 1.44. The molecule has 2 aromatic heterocycles. The van der Waals surface area contributed by atoms with Crippen LogP contribution in [0.5, 0.6) is 5.75 Å². The molecule has 0 radical (unpaired) electrons. The van der Waals surface area contributed by atoms with Crippen molar-refractivity contribution in [1.29, 1.82) is 5.26 Å². The van der Waals surface area contributed by atoms with Gasteiger partial charge in [0.05, 0.1) is 24.8 Å². The number of carbonyl (C=O) groups is 1. The normalized spacial score (nSPS) is 13.4. The van der Waals surface area contributed by atoms with Crippen LogP contribution < -0.4 is 4.74 Å². The van der Waals surface area contributed by atoms with Crippen molar-refractivity contribution in [2.75, 3.05) is 18.9 Å². The molecule has 0 saturated carbocycles. The number of ether oxygens (including phenoxy) is 1. The van der Waals surface area contributed by atoms with Gasteiger partial charge in [0.1, 0.15) is 11.6 Å². The average Bonchev–Trinajstić information content (AvgIpc) is 3.38. The van der Waals surface area contributed by atoms with Gasteiger partial charge in [-0.3, -0.25) is 9.36 Å². The zero-order valence-corrected chi connectivity index (χ0v) is 17.1. The molecule has 1 aliphatic rings. The number of amides is 1. The Morgan fingerprint density at radius 3 is 2.73 bits per heavy atom. The third-order valence-corrected chi connectivity index (χ3v) is 5.54. The minimum absolute atomic E-state index is 0.149. The maximum atomic E-state index is 12.0. The molecular formula is C21H20N6O2S. The van der Waals surface area contributed by atoms with E-state index in [1.165, 1.54) is 11.8 Å². The number of rotatable bonds is 8. The Morgan fingerprint density at radius 2 is 2.03 bits per heavy atom. The first-order chi connectivity index (χ1) is 14.7. The van der Waals surface area contributed by atoms with Crippen molar-refractivity contribution in [2.24, 2.45) is 0 Å². The third-order valence-electron chi connectivity index (χ3n) is 4.65. The lowest BCUT2D eigenvalue weighted by Gasteiger charge is -2.16. The van der Waals surface area contributed by atoms with E-state index in [1.807, 2.05) is 27.7 Å². The van der Waals surface area contributed by atoms with Gasteiger partial charge in [-0.25, -0.2) is 4.98 Å². The van der Waals surface area contributed by atoms with Crippen LogP contribution in [-0.4, -0.2) is 49.5 Å². The number of nitrogens with zero attached hydrogens (tertiary/aromatic N) is 6. The number of nitriles is 1. The van der Waals surface area contributed by atoms with E-state index in [2.05, 4.69) is 21.3 Å². The SMILES string of the molecule is N#Cc1ccc(OCCSc2nnc(CN3CCCC3=O)n2-c2ccccn2)cc1. The van der Waals surface area contributed by atoms with E-state index < -0.39 is 0 Å². The van der Waals surface area contributed by atoms with E-state index in [4.69, 9.17) is 10.00 Å². The Hall–Kier alpha value is -3.38. The van der Waals surface area contributed by atoms with Gasteiger partial charge in [-0.1, -0.05) is 17.8 Å². The summed E-state index contributed by atoms with van der Waals surface area (Å²) in [5.74, 6) is 2.94. The summed E-state index contributed by atoms with van der Waals surface area (Å²) in [7, 11) is 0. The van der Waals surface area contributed by atoms with Gasteiger partial charge in [0.25, 0.3) is 0 Å². The number of hydrogen-bond acceptors (Lipinski definition) is 7. The molecule has 1 aromatic carbocycles. The number of thioether (sulfide) groups is 1. The number of aromatic nitrogens is 4. The zero-order valence-electron chi connectivity index (χ0n) is 16.3. The highest BCUT2D eigenvalue weighted by atomic mass is 32.2. The van der Waals surface area contributed by atoms with E-state index in [0.29, 0.717) is 47.6 Å². The van der Waals surface area contributed by atoms with Gasteiger partial charge >= 0.3 is 0 Å². The van der Waals surface area contributed by atoms with Gasteiger partial charge in [-0.2, -0.15) is 5.26 Å². The first kappa shape index (κ1) is 19.9. The Labute approximate surface area is 178 Å². The fourth-order valence-corrected chi connectivity index (χ4v) is 3.95. The van der Waals surface area contributed by atoms with Crippen molar-refractivity contribution < 1.29 is 9.53 Å². The fraction of sp³-hybridized carbons (Fsp3) is 0.286. The highest BCUT2D eigenvalue weighted by Gasteiger charge is 2.24. The largest absolute Gasteiger partial charge is 0.493 e. The van der Waals surface area contributed by atoms with Crippen LogP contribution in [0.4, 0.5) is 0 Å². The molecule has 0 N–H and O–H groups in total. The topological polar surface area (TPSA) is 96.9 Å². The summed E-state index contributed by atoms with van der Waals surface area (Å²) < 4.78 is 7.65. The number of hydrogen-bond donors (Lipinski definition) is 0. The van der Waals surface area contributed by atoms with Crippen molar-refractivity contribution in [2.45, 2.75) is 24.5 Å². The maximum Gasteiger partial charge on any atom is 0.223 e. The van der Waals surface area contributed by atoms with Gasteiger partial charge in [0.2, 0.25) is 5.91 Å². The molecule has 4 rings (SSSR count). The van der Waals surface area contributed by atoms with Crippen molar-refractivity contribution in [3.63, 3.8) is 0 Å². The molecule has 30 heavy (non-hydrogen) atoms. The third kappa shape index (κ3) is 4.60. The predicted octanol–water partition coefficient (Wildman–Crippen LogP) is 2.83. The molecule has 1 amide bonds. The summed E-state index contributed by atoms with van der Waals surface area (Å²) in [6.07, 6.45) is 3.19. The molecule has 8 nitrogen and oxygen atoms in total. The molecule has 0 unspecified atom stereocenters. The number of pyridine rings is 1. The van der Waals surface area contributed by atoms with Crippen LogP contribution >= 0.6 is 11.8 Å². The smallest absolute Gasteiger partial charge is 0.223 e. The predicted molar refractivity (Wildman–Crippen MR) is 111 cm³/mol. The summed E-state index contributed by atoms with van der Waals surface area (Å²) in [6, 6.07) is 14.8. The van der Waals surface area contributed by atoms with Crippen molar-refractivity contribution >= 4 is 17.7 Å². The van der Waals surface area contributed by atoms with Crippen LogP contribution in [0.25, 0.3) is 5.82 Å². The van der Waals surface area contributed by atoms with Gasteiger partial charge < -0.3 is 9.64 Å². The number of carbonyl (C=O) groups excluding carboxylic acids is 1. The quantitative estimate of drug-likeness (QED) is 0.408. The van der Waals surface area contributed by atoms with Crippen molar-refractivity contribution in [3.05, 3.63) is 60.0 Å². The first-order valence-electron chi connectivity index (χ1n) is 9.64. The highest BCUT2D eigenvalue weighted by molar-refractivity contribution is 7.99. The summed E-state index contributed by atoms with van der Waals surface area (Å²) in [4.78, 5) is 18.3. The second-order valence-corrected chi connectivity index (χ2v) is 7.74. The lowest BCUT2D eigenvalue weighted by molar-refractivity contribution is -0.128. The minimum Gasteiger partial charge on any atom is -0.493 e. The first-order valence-corrected chi connectivity index (χ1v) is 10.6. The zero-order chi connectivity index (χ0) is 20.8. The van der Waals surface area contributed by atoms with Gasteiger partial charge in [-0.05, 0) is 42.8 Å². The van der Waals surface area contributed by atoms with Gasteiger partial charge in [0.15, 0.2) is 11.0 Å². The molecule has 0 aliphatic carbocycles. The van der Waals surface area contributed by atoms with E-state index >= 15 is 0 Å². The van der Waals surface area contributed by atoms with E-state index in [9.17, 15) is 4.79 Å². The Morgan fingerprint density at radius 1 is 1.17 bits per heavy atom.